The quantitative estimate of drug-likeness (QED) is 0.731. The summed E-state index contributed by atoms with van der Waals surface area (Å²) in [6.45, 7) is 4.28. The summed E-state index contributed by atoms with van der Waals surface area (Å²) in [5, 5.41) is -0.563. The van der Waals surface area contributed by atoms with Crippen molar-refractivity contribution in [2.75, 3.05) is 6.61 Å². The number of halogens is 3. The molecule has 1 fully saturated rings. The van der Waals surface area contributed by atoms with Crippen molar-refractivity contribution in [3.8, 4) is 0 Å². The molecular weight excluding hydrogens is 246 g/mol. The Morgan fingerprint density at radius 3 is 2.65 bits per heavy atom. The molecule has 1 aromatic rings. The maximum Gasteiger partial charge on any atom is 0.130 e. The van der Waals surface area contributed by atoms with E-state index in [-0.39, 0.29) is 6.10 Å². The van der Waals surface area contributed by atoms with Crippen LogP contribution < -0.4 is 0 Å². The van der Waals surface area contributed by atoms with Gasteiger partial charge in [-0.2, -0.15) is 0 Å². The second-order valence-corrected chi connectivity index (χ2v) is 5.10. The van der Waals surface area contributed by atoms with Gasteiger partial charge in [0.2, 0.25) is 0 Å². The standard InChI is InChI=1S/C13H15ClF2O/c1-7-3-4-17-13(7)12(14)9-5-8(2)10(15)6-11(9)16/h5-7,12-13H,3-4H2,1-2H3. The van der Waals surface area contributed by atoms with Crippen LogP contribution in [0.3, 0.4) is 0 Å². The Bertz CT molecular complexity index is 422. The molecule has 3 atom stereocenters. The molecule has 3 unspecified atom stereocenters. The fraction of sp³-hybridized carbons (Fsp3) is 0.538. The lowest BCUT2D eigenvalue weighted by Gasteiger charge is -2.21. The van der Waals surface area contributed by atoms with Gasteiger partial charge in [0, 0.05) is 18.2 Å². The Morgan fingerprint density at radius 1 is 1.35 bits per heavy atom. The highest BCUT2D eigenvalue weighted by Crippen LogP contribution is 2.37. The van der Waals surface area contributed by atoms with Crippen molar-refractivity contribution in [1.82, 2.24) is 0 Å². The maximum absolute atomic E-state index is 13.7. The van der Waals surface area contributed by atoms with Gasteiger partial charge in [-0.3, -0.25) is 0 Å². The summed E-state index contributed by atoms with van der Waals surface area (Å²) in [5.74, 6) is -0.853. The van der Waals surface area contributed by atoms with Crippen LogP contribution in [0.1, 0.15) is 29.8 Å². The minimum absolute atomic E-state index is 0.198. The van der Waals surface area contributed by atoms with Crippen LogP contribution >= 0.6 is 11.6 Å². The zero-order chi connectivity index (χ0) is 12.6. The van der Waals surface area contributed by atoms with Crippen molar-refractivity contribution in [2.24, 2.45) is 5.92 Å². The molecule has 1 aromatic carbocycles. The average Bonchev–Trinajstić information content (AvgIpc) is 2.69. The molecule has 17 heavy (non-hydrogen) atoms. The lowest BCUT2D eigenvalue weighted by molar-refractivity contribution is 0.0895. The van der Waals surface area contributed by atoms with Crippen molar-refractivity contribution in [3.05, 3.63) is 34.9 Å². The van der Waals surface area contributed by atoms with Crippen LogP contribution in [0, 0.1) is 24.5 Å². The first kappa shape index (κ1) is 12.8. The van der Waals surface area contributed by atoms with Gasteiger partial charge >= 0.3 is 0 Å². The van der Waals surface area contributed by atoms with Crippen LogP contribution in [0.25, 0.3) is 0 Å². The Hall–Kier alpha value is -0.670. The van der Waals surface area contributed by atoms with E-state index >= 15 is 0 Å². The van der Waals surface area contributed by atoms with Crippen molar-refractivity contribution in [3.63, 3.8) is 0 Å². The van der Waals surface area contributed by atoms with Crippen LogP contribution in [-0.4, -0.2) is 12.7 Å². The molecule has 0 bridgehead atoms. The summed E-state index contributed by atoms with van der Waals surface area (Å²) in [6.07, 6.45) is 0.728. The van der Waals surface area contributed by atoms with Gasteiger partial charge in [0.25, 0.3) is 0 Å². The molecule has 0 aromatic heterocycles. The fourth-order valence-electron chi connectivity index (χ4n) is 2.16. The summed E-state index contributed by atoms with van der Waals surface area (Å²) < 4.78 is 32.4. The van der Waals surface area contributed by atoms with E-state index in [0.717, 1.165) is 12.5 Å². The van der Waals surface area contributed by atoms with E-state index in [0.29, 0.717) is 23.7 Å². The highest BCUT2D eigenvalue weighted by atomic mass is 35.5. The lowest BCUT2D eigenvalue weighted by atomic mass is 9.96. The second kappa shape index (κ2) is 4.91. The highest BCUT2D eigenvalue weighted by Gasteiger charge is 2.33. The first-order chi connectivity index (χ1) is 8.00. The van der Waals surface area contributed by atoms with Crippen LogP contribution in [0.15, 0.2) is 12.1 Å². The van der Waals surface area contributed by atoms with Crippen LogP contribution in [-0.2, 0) is 4.74 Å². The lowest BCUT2D eigenvalue weighted by Crippen LogP contribution is -2.20. The number of aryl methyl sites for hydroxylation is 1. The molecule has 0 aliphatic carbocycles. The van der Waals surface area contributed by atoms with Crippen LogP contribution in [0.5, 0.6) is 0 Å². The predicted molar refractivity (Wildman–Crippen MR) is 63.2 cm³/mol. The van der Waals surface area contributed by atoms with Crippen molar-refractivity contribution in [2.45, 2.75) is 31.7 Å². The summed E-state index contributed by atoms with van der Waals surface area (Å²) >= 11 is 6.25. The first-order valence-corrected chi connectivity index (χ1v) is 6.15. The smallest absolute Gasteiger partial charge is 0.130 e. The van der Waals surface area contributed by atoms with E-state index in [4.69, 9.17) is 16.3 Å². The molecule has 0 saturated carbocycles. The van der Waals surface area contributed by atoms with E-state index in [9.17, 15) is 8.78 Å². The average molecular weight is 261 g/mol. The summed E-state index contributed by atoms with van der Waals surface area (Å²) in [5.41, 5.74) is 0.724. The minimum atomic E-state index is -0.601. The summed E-state index contributed by atoms with van der Waals surface area (Å²) in [4.78, 5) is 0. The Morgan fingerprint density at radius 2 is 2.06 bits per heavy atom. The van der Waals surface area contributed by atoms with E-state index in [1.807, 2.05) is 6.92 Å². The van der Waals surface area contributed by atoms with Crippen LogP contribution in [0.2, 0.25) is 0 Å². The zero-order valence-electron chi connectivity index (χ0n) is 9.84. The molecule has 1 aliphatic rings. The molecule has 1 saturated heterocycles. The molecule has 1 nitrogen and oxygen atoms in total. The van der Waals surface area contributed by atoms with Gasteiger partial charge in [-0.25, -0.2) is 8.78 Å². The van der Waals surface area contributed by atoms with Gasteiger partial charge in [-0.1, -0.05) is 6.92 Å². The number of ether oxygens (including phenoxy) is 1. The highest BCUT2D eigenvalue weighted by molar-refractivity contribution is 6.21. The molecule has 94 valence electrons. The molecule has 2 rings (SSSR count). The molecule has 1 heterocycles. The van der Waals surface area contributed by atoms with E-state index in [1.165, 1.54) is 6.07 Å². The Balaban J connectivity index is 2.30. The summed E-state index contributed by atoms with van der Waals surface area (Å²) in [6, 6.07) is 2.36. The molecule has 0 radical (unpaired) electrons. The van der Waals surface area contributed by atoms with Crippen LogP contribution in [0.4, 0.5) is 8.78 Å². The molecule has 0 amide bonds. The topological polar surface area (TPSA) is 9.23 Å². The van der Waals surface area contributed by atoms with Crippen molar-refractivity contribution >= 4 is 11.6 Å². The largest absolute Gasteiger partial charge is 0.376 e. The van der Waals surface area contributed by atoms with Gasteiger partial charge in [-0.05, 0) is 30.9 Å². The van der Waals surface area contributed by atoms with Gasteiger partial charge in [0.1, 0.15) is 11.6 Å². The fourth-order valence-corrected chi connectivity index (χ4v) is 2.65. The normalized spacial score (nSPS) is 26.2. The molecule has 4 heteroatoms. The Labute approximate surface area is 105 Å². The number of hydrogen-bond donors (Lipinski definition) is 0. The van der Waals surface area contributed by atoms with Gasteiger partial charge in [0.05, 0.1) is 11.5 Å². The molecule has 0 N–H and O–H groups in total. The van der Waals surface area contributed by atoms with Crippen molar-refractivity contribution < 1.29 is 13.5 Å². The molecule has 0 spiro atoms. The monoisotopic (exact) mass is 260 g/mol. The predicted octanol–water partition coefficient (Wildman–Crippen LogP) is 3.98. The van der Waals surface area contributed by atoms with E-state index < -0.39 is 17.0 Å². The third kappa shape index (κ3) is 2.45. The number of benzene rings is 1. The third-order valence-corrected chi connectivity index (χ3v) is 3.79. The van der Waals surface area contributed by atoms with Gasteiger partial charge in [-0.15, -0.1) is 11.6 Å². The molecular formula is C13H15ClF2O. The van der Waals surface area contributed by atoms with Gasteiger partial charge in [0.15, 0.2) is 0 Å². The van der Waals surface area contributed by atoms with Crippen molar-refractivity contribution in [1.29, 1.82) is 0 Å². The molecule has 1 aliphatic heterocycles. The third-order valence-electron chi connectivity index (χ3n) is 3.31. The number of rotatable bonds is 2. The summed E-state index contributed by atoms with van der Waals surface area (Å²) in [7, 11) is 0. The number of hydrogen-bond acceptors (Lipinski definition) is 1. The maximum atomic E-state index is 13.7. The Kier molecular flexibility index (Phi) is 3.69. The minimum Gasteiger partial charge on any atom is -0.376 e. The second-order valence-electron chi connectivity index (χ2n) is 4.63. The first-order valence-electron chi connectivity index (χ1n) is 5.72. The number of alkyl halides is 1. The SMILES string of the molecule is Cc1cc(C(Cl)C2OCCC2C)c(F)cc1F. The zero-order valence-corrected chi connectivity index (χ0v) is 10.6. The van der Waals surface area contributed by atoms with Gasteiger partial charge < -0.3 is 4.74 Å². The van der Waals surface area contributed by atoms with E-state index in [2.05, 4.69) is 0 Å². The van der Waals surface area contributed by atoms with E-state index in [1.54, 1.807) is 6.92 Å².